The van der Waals surface area contributed by atoms with Crippen LogP contribution < -0.4 is 10.1 Å². The number of anilines is 1. The third-order valence-electron chi connectivity index (χ3n) is 5.18. The van der Waals surface area contributed by atoms with Crippen LogP contribution in [0, 0.1) is 0 Å². The number of halogens is 2. The van der Waals surface area contributed by atoms with Crippen molar-refractivity contribution in [3.8, 4) is 11.5 Å². The second-order valence-electron chi connectivity index (χ2n) is 7.81. The second-order valence-corrected chi connectivity index (χ2v) is 10.6. The minimum Gasteiger partial charge on any atom is -0.455 e. The lowest BCUT2D eigenvalue weighted by atomic mass is 10.2. The van der Waals surface area contributed by atoms with Gasteiger partial charge in [0.25, 0.3) is 0 Å². The third kappa shape index (κ3) is 6.65. The highest BCUT2D eigenvalue weighted by Gasteiger charge is 2.27. The molecule has 36 heavy (non-hydrogen) atoms. The quantitative estimate of drug-likeness (QED) is 0.259. The van der Waals surface area contributed by atoms with Crippen LogP contribution in [0.3, 0.4) is 0 Å². The lowest BCUT2D eigenvalue weighted by molar-refractivity contribution is -0.116. The Labute approximate surface area is 220 Å². The predicted molar refractivity (Wildman–Crippen MR) is 142 cm³/mol. The number of carbonyl (C=O) groups excluding carboxylic acids is 1. The Morgan fingerprint density at radius 3 is 2.03 bits per heavy atom. The maximum Gasteiger partial charge on any atom is 0.243 e. The van der Waals surface area contributed by atoms with Crippen molar-refractivity contribution in [1.82, 2.24) is 4.31 Å². The van der Waals surface area contributed by atoms with Gasteiger partial charge in [-0.05, 0) is 66.2 Å². The van der Waals surface area contributed by atoms with Crippen molar-refractivity contribution in [3.63, 3.8) is 0 Å². The van der Waals surface area contributed by atoms with Crippen molar-refractivity contribution in [2.45, 2.75) is 11.4 Å². The first-order valence-corrected chi connectivity index (χ1v) is 13.1. The van der Waals surface area contributed by atoms with Crippen LogP contribution in [0.1, 0.15) is 5.56 Å². The normalized spacial score (nSPS) is 11.3. The average Bonchev–Trinajstić information content (AvgIpc) is 2.87. The zero-order valence-electron chi connectivity index (χ0n) is 19.0. The third-order valence-corrected chi connectivity index (χ3v) is 7.49. The number of rotatable bonds is 9. The summed E-state index contributed by atoms with van der Waals surface area (Å²) in [5.41, 5.74) is 1.10. The molecule has 6 nitrogen and oxygen atoms in total. The Hall–Kier alpha value is -3.36. The van der Waals surface area contributed by atoms with E-state index in [1.807, 2.05) is 18.2 Å². The van der Waals surface area contributed by atoms with Crippen LogP contribution in [0.15, 0.2) is 108 Å². The standard InChI is InChI=1S/C27H22Cl2N2O4S/c28-21-12-10-20(11-13-21)18-31(36(33,34)24-16-14-22(29)15-17-24)19-27(32)30-25-8-4-5-9-26(25)35-23-6-2-1-3-7-23/h1-17H,18-19H2,(H,30,32). The van der Waals surface area contributed by atoms with E-state index < -0.39 is 22.5 Å². The number of hydrogen-bond donors (Lipinski definition) is 1. The Morgan fingerprint density at radius 2 is 1.36 bits per heavy atom. The molecule has 9 heteroatoms. The molecule has 0 aliphatic rings. The number of carbonyl (C=O) groups is 1. The summed E-state index contributed by atoms with van der Waals surface area (Å²) in [4.78, 5) is 13.1. The van der Waals surface area contributed by atoms with Gasteiger partial charge in [-0.2, -0.15) is 4.31 Å². The Balaban J connectivity index is 1.57. The molecule has 0 aliphatic carbocycles. The molecule has 0 radical (unpaired) electrons. The highest BCUT2D eigenvalue weighted by atomic mass is 35.5. The molecular weight excluding hydrogens is 519 g/mol. The van der Waals surface area contributed by atoms with Crippen molar-refractivity contribution < 1.29 is 17.9 Å². The van der Waals surface area contributed by atoms with Crippen LogP contribution in [0.25, 0.3) is 0 Å². The molecule has 0 saturated carbocycles. The lowest BCUT2D eigenvalue weighted by Crippen LogP contribution is -2.37. The van der Waals surface area contributed by atoms with Gasteiger partial charge in [0.1, 0.15) is 5.75 Å². The largest absolute Gasteiger partial charge is 0.455 e. The van der Waals surface area contributed by atoms with Crippen LogP contribution >= 0.6 is 23.2 Å². The minimum atomic E-state index is -4.02. The van der Waals surface area contributed by atoms with Crippen molar-refractivity contribution >= 4 is 44.8 Å². The molecular formula is C27H22Cl2N2O4S. The van der Waals surface area contributed by atoms with E-state index in [4.69, 9.17) is 27.9 Å². The zero-order chi connectivity index (χ0) is 25.5. The van der Waals surface area contributed by atoms with Gasteiger partial charge in [-0.15, -0.1) is 0 Å². The van der Waals surface area contributed by atoms with E-state index in [0.29, 0.717) is 32.8 Å². The van der Waals surface area contributed by atoms with Gasteiger partial charge >= 0.3 is 0 Å². The monoisotopic (exact) mass is 540 g/mol. The first-order chi connectivity index (χ1) is 17.3. The molecule has 4 aromatic rings. The fourth-order valence-electron chi connectivity index (χ4n) is 3.40. The molecule has 0 fully saturated rings. The second kappa shape index (κ2) is 11.6. The summed E-state index contributed by atoms with van der Waals surface area (Å²) < 4.78 is 33.9. The molecule has 0 unspecified atom stereocenters. The highest BCUT2D eigenvalue weighted by Crippen LogP contribution is 2.29. The summed E-state index contributed by atoms with van der Waals surface area (Å²) >= 11 is 11.9. The first-order valence-electron chi connectivity index (χ1n) is 10.9. The molecule has 1 N–H and O–H groups in total. The summed E-state index contributed by atoms with van der Waals surface area (Å²) in [6.07, 6.45) is 0. The summed E-state index contributed by atoms with van der Waals surface area (Å²) in [5.74, 6) is 0.515. The first kappa shape index (κ1) is 25.7. The Bertz CT molecular complexity index is 1430. The summed E-state index contributed by atoms with van der Waals surface area (Å²) in [6.45, 7) is -0.453. The van der Waals surface area contributed by atoms with Gasteiger partial charge in [-0.1, -0.05) is 65.7 Å². The zero-order valence-corrected chi connectivity index (χ0v) is 21.3. The predicted octanol–water partition coefficient (Wildman–Crippen LogP) is 6.62. The number of amides is 1. The molecule has 4 aromatic carbocycles. The molecule has 0 aliphatic heterocycles. The van der Waals surface area contributed by atoms with E-state index >= 15 is 0 Å². The van der Waals surface area contributed by atoms with E-state index in [2.05, 4.69) is 5.32 Å². The Morgan fingerprint density at radius 1 is 0.778 bits per heavy atom. The minimum absolute atomic E-state index is 0.0291. The van der Waals surface area contributed by atoms with Gasteiger partial charge in [0, 0.05) is 16.6 Å². The van der Waals surface area contributed by atoms with Crippen LogP contribution in [0.5, 0.6) is 11.5 Å². The Kier molecular flexibility index (Phi) is 8.28. The van der Waals surface area contributed by atoms with Crippen molar-refractivity contribution in [3.05, 3.63) is 119 Å². The molecule has 0 heterocycles. The van der Waals surface area contributed by atoms with Crippen LogP contribution in [0.4, 0.5) is 5.69 Å². The van der Waals surface area contributed by atoms with Gasteiger partial charge in [0.05, 0.1) is 17.1 Å². The van der Waals surface area contributed by atoms with Crippen LogP contribution in [-0.4, -0.2) is 25.2 Å². The van der Waals surface area contributed by atoms with Gasteiger partial charge in [-0.25, -0.2) is 8.42 Å². The molecule has 0 saturated heterocycles. The molecule has 0 bridgehead atoms. The van der Waals surface area contributed by atoms with E-state index in [1.165, 1.54) is 24.3 Å². The van der Waals surface area contributed by atoms with E-state index in [1.54, 1.807) is 60.7 Å². The number of hydrogen-bond acceptors (Lipinski definition) is 4. The van der Waals surface area contributed by atoms with Gasteiger partial charge in [-0.3, -0.25) is 4.79 Å². The maximum absolute atomic E-state index is 13.5. The number of ether oxygens (including phenoxy) is 1. The van der Waals surface area contributed by atoms with Crippen molar-refractivity contribution in [1.29, 1.82) is 0 Å². The number of nitrogens with zero attached hydrogens (tertiary/aromatic N) is 1. The van der Waals surface area contributed by atoms with Crippen LogP contribution in [0.2, 0.25) is 10.0 Å². The summed E-state index contributed by atoms with van der Waals surface area (Å²) in [7, 11) is -4.02. The molecule has 184 valence electrons. The highest BCUT2D eigenvalue weighted by molar-refractivity contribution is 7.89. The fourth-order valence-corrected chi connectivity index (χ4v) is 5.04. The maximum atomic E-state index is 13.5. The molecule has 0 spiro atoms. The van der Waals surface area contributed by atoms with Gasteiger partial charge < -0.3 is 10.1 Å². The van der Waals surface area contributed by atoms with Gasteiger partial charge in [0.2, 0.25) is 15.9 Å². The number of nitrogens with one attached hydrogen (secondary N) is 1. The number of benzene rings is 4. The van der Waals surface area contributed by atoms with Gasteiger partial charge in [0.15, 0.2) is 5.75 Å². The fraction of sp³-hybridized carbons (Fsp3) is 0.0741. The number of para-hydroxylation sites is 3. The van der Waals surface area contributed by atoms with Crippen molar-refractivity contribution in [2.75, 3.05) is 11.9 Å². The SMILES string of the molecule is O=C(CN(Cc1ccc(Cl)cc1)S(=O)(=O)c1ccc(Cl)cc1)Nc1ccccc1Oc1ccccc1. The molecule has 0 atom stereocenters. The average molecular weight is 541 g/mol. The number of sulfonamides is 1. The lowest BCUT2D eigenvalue weighted by Gasteiger charge is -2.22. The molecule has 4 rings (SSSR count). The van der Waals surface area contributed by atoms with E-state index in [9.17, 15) is 13.2 Å². The van der Waals surface area contributed by atoms with Crippen molar-refractivity contribution in [2.24, 2.45) is 0 Å². The van der Waals surface area contributed by atoms with E-state index in [0.717, 1.165) is 4.31 Å². The van der Waals surface area contributed by atoms with E-state index in [-0.39, 0.29) is 11.4 Å². The topological polar surface area (TPSA) is 75.7 Å². The summed E-state index contributed by atoms with van der Waals surface area (Å²) in [5, 5.41) is 3.71. The van der Waals surface area contributed by atoms with Crippen LogP contribution in [-0.2, 0) is 21.4 Å². The summed E-state index contributed by atoms with van der Waals surface area (Å²) in [6, 6.07) is 28.7. The smallest absolute Gasteiger partial charge is 0.243 e. The molecule has 1 amide bonds. The molecule has 0 aromatic heterocycles.